The Hall–Kier alpha value is -2.80. The van der Waals surface area contributed by atoms with Crippen molar-refractivity contribution in [2.75, 3.05) is 13.2 Å². The average molecular weight is 380 g/mol. The highest BCUT2D eigenvalue weighted by atomic mass is 16.5. The van der Waals surface area contributed by atoms with E-state index in [1.54, 1.807) is 0 Å². The lowest BCUT2D eigenvalue weighted by molar-refractivity contribution is -0.148. The van der Waals surface area contributed by atoms with Crippen LogP contribution in [0, 0.1) is 6.92 Å². The number of morpholine rings is 1. The molecule has 1 aromatic heterocycles. The molecule has 0 bridgehead atoms. The van der Waals surface area contributed by atoms with Gasteiger partial charge in [-0.15, -0.1) is 0 Å². The van der Waals surface area contributed by atoms with Crippen molar-refractivity contribution in [3.8, 4) is 0 Å². The molecule has 1 saturated heterocycles. The number of carbonyl (C=O) groups excluding carboxylic acids is 2. The zero-order valence-electron chi connectivity index (χ0n) is 15.9. The number of amides is 2. The first-order chi connectivity index (χ1) is 13.6. The van der Waals surface area contributed by atoms with Crippen molar-refractivity contribution in [1.29, 1.82) is 0 Å². The van der Waals surface area contributed by atoms with E-state index in [1.807, 2.05) is 37.3 Å². The summed E-state index contributed by atoms with van der Waals surface area (Å²) in [4.78, 5) is 33.7. The SMILES string of the molecule is Cc1nc(CCNC(=O)[C@H]2OCC(=O)N[C@@H]2c2ccccc2)nc2c1CCC2. The molecule has 2 amide bonds. The molecule has 2 N–H and O–H groups in total. The number of benzene rings is 1. The standard InChI is InChI=1S/C21H24N4O3/c1-13-15-8-5-9-16(15)24-17(23-13)10-11-22-21(27)20-19(25-18(26)12-28-20)14-6-3-2-4-7-14/h2-4,6-7,19-20H,5,8-12H2,1H3,(H,22,27)(H,25,26)/t19-,20+/m1/s1. The van der Waals surface area contributed by atoms with Crippen molar-refractivity contribution < 1.29 is 14.3 Å². The zero-order valence-corrected chi connectivity index (χ0v) is 15.9. The molecule has 0 saturated carbocycles. The molecule has 146 valence electrons. The van der Waals surface area contributed by atoms with Crippen LogP contribution in [0.5, 0.6) is 0 Å². The molecule has 2 atom stereocenters. The van der Waals surface area contributed by atoms with Gasteiger partial charge in [0.25, 0.3) is 5.91 Å². The first-order valence-electron chi connectivity index (χ1n) is 9.70. The third kappa shape index (κ3) is 3.89. The van der Waals surface area contributed by atoms with Crippen LogP contribution in [0.25, 0.3) is 0 Å². The van der Waals surface area contributed by atoms with Gasteiger partial charge < -0.3 is 15.4 Å². The summed E-state index contributed by atoms with van der Waals surface area (Å²) < 4.78 is 5.55. The van der Waals surface area contributed by atoms with Crippen LogP contribution in [0.2, 0.25) is 0 Å². The smallest absolute Gasteiger partial charge is 0.251 e. The Morgan fingerprint density at radius 2 is 2.07 bits per heavy atom. The lowest BCUT2D eigenvalue weighted by Crippen LogP contribution is -2.52. The molecule has 7 nitrogen and oxygen atoms in total. The van der Waals surface area contributed by atoms with Gasteiger partial charge in [-0.05, 0) is 37.3 Å². The Kier molecular flexibility index (Phi) is 5.34. The van der Waals surface area contributed by atoms with Crippen molar-refractivity contribution in [2.24, 2.45) is 0 Å². The van der Waals surface area contributed by atoms with Crippen LogP contribution in [-0.4, -0.2) is 41.0 Å². The van der Waals surface area contributed by atoms with Crippen molar-refractivity contribution >= 4 is 11.8 Å². The van der Waals surface area contributed by atoms with Gasteiger partial charge in [-0.3, -0.25) is 9.59 Å². The number of ether oxygens (including phenoxy) is 1. The van der Waals surface area contributed by atoms with Crippen molar-refractivity contribution in [3.63, 3.8) is 0 Å². The highest BCUT2D eigenvalue weighted by Crippen LogP contribution is 2.23. The molecule has 2 aliphatic rings. The summed E-state index contributed by atoms with van der Waals surface area (Å²) in [6.45, 7) is 2.33. The number of aryl methyl sites for hydroxylation is 2. The predicted molar refractivity (Wildman–Crippen MR) is 103 cm³/mol. The molecular weight excluding hydrogens is 356 g/mol. The number of fused-ring (bicyclic) bond motifs is 1. The maximum atomic E-state index is 12.7. The minimum Gasteiger partial charge on any atom is -0.356 e. The number of rotatable bonds is 5. The zero-order chi connectivity index (χ0) is 19.5. The van der Waals surface area contributed by atoms with Crippen LogP contribution < -0.4 is 10.6 Å². The molecule has 1 aliphatic carbocycles. The third-order valence-electron chi connectivity index (χ3n) is 5.26. The fourth-order valence-electron chi connectivity index (χ4n) is 3.89. The molecule has 28 heavy (non-hydrogen) atoms. The Morgan fingerprint density at radius 3 is 2.89 bits per heavy atom. The topological polar surface area (TPSA) is 93.2 Å². The molecule has 0 radical (unpaired) electrons. The van der Waals surface area contributed by atoms with Crippen LogP contribution in [-0.2, 0) is 33.6 Å². The minimum atomic E-state index is -0.761. The van der Waals surface area contributed by atoms with E-state index in [4.69, 9.17) is 4.74 Å². The lowest BCUT2D eigenvalue weighted by atomic mass is 9.99. The van der Waals surface area contributed by atoms with Crippen molar-refractivity contribution in [2.45, 2.75) is 44.8 Å². The molecule has 0 unspecified atom stereocenters. The Labute approximate surface area is 163 Å². The molecule has 0 spiro atoms. The number of hydrogen-bond acceptors (Lipinski definition) is 5. The summed E-state index contributed by atoms with van der Waals surface area (Å²) in [5.74, 6) is 0.294. The maximum absolute atomic E-state index is 12.7. The van der Waals surface area contributed by atoms with Crippen molar-refractivity contribution in [1.82, 2.24) is 20.6 Å². The van der Waals surface area contributed by atoms with Crippen LogP contribution in [0.4, 0.5) is 0 Å². The van der Waals surface area contributed by atoms with Gasteiger partial charge in [0.2, 0.25) is 5.91 Å². The van der Waals surface area contributed by atoms with Gasteiger partial charge in [0, 0.05) is 24.4 Å². The van der Waals surface area contributed by atoms with Gasteiger partial charge in [0.1, 0.15) is 12.4 Å². The summed E-state index contributed by atoms with van der Waals surface area (Å²) in [7, 11) is 0. The second-order valence-corrected chi connectivity index (χ2v) is 7.23. The first kappa shape index (κ1) is 18.6. The molecule has 4 rings (SSSR count). The van der Waals surface area contributed by atoms with Gasteiger partial charge in [0.05, 0.1) is 6.04 Å². The summed E-state index contributed by atoms with van der Waals surface area (Å²) in [6, 6.07) is 8.89. The minimum absolute atomic E-state index is 0.117. The van der Waals surface area contributed by atoms with Crippen LogP contribution in [0.15, 0.2) is 30.3 Å². The van der Waals surface area contributed by atoms with Gasteiger partial charge in [0.15, 0.2) is 6.10 Å². The van der Waals surface area contributed by atoms with Crippen LogP contribution in [0.1, 0.15) is 40.8 Å². The molecular formula is C21H24N4O3. The van der Waals surface area contributed by atoms with Crippen LogP contribution >= 0.6 is 0 Å². The van der Waals surface area contributed by atoms with E-state index >= 15 is 0 Å². The highest BCUT2D eigenvalue weighted by Gasteiger charge is 2.35. The van der Waals surface area contributed by atoms with Gasteiger partial charge >= 0.3 is 0 Å². The Bertz CT molecular complexity index is 885. The summed E-state index contributed by atoms with van der Waals surface area (Å²) in [5, 5.41) is 5.77. The summed E-state index contributed by atoms with van der Waals surface area (Å²) in [5.41, 5.74) is 4.32. The van der Waals surface area contributed by atoms with E-state index in [2.05, 4.69) is 20.6 Å². The Balaban J connectivity index is 1.39. The number of carbonyl (C=O) groups is 2. The van der Waals surface area contributed by atoms with Crippen LogP contribution in [0.3, 0.4) is 0 Å². The van der Waals surface area contributed by atoms with Gasteiger partial charge in [-0.2, -0.15) is 0 Å². The number of nitrogens with one attached hydrogen (secondary N) is 2. The third-order valence-corrected chi connectivity index (χ3v) is 5.26. The molecule has 1 aliphatic heterocycles. The van der Waals surface area contributed by atoms with Gasteiger partial charge in [-0.25, -0.2) is 9.97 Å². The lowest BCUT2D eigenvalue weighted by Gasteiger charge is -2.31. The molecule has 2 aromatic rings. The number of hydrogen-bond donors (Lipinski definition) is 2. The summed E-state index contributed by atoms with van der Waals surface area (Å²) in [6.07, 6.45) is 3.00. The van der Waals surface area contributed by atoms with Gasteiger partial charge in [-0.1, -0.05) is 30.3 Å². The quantitative estimate of drug-likeness (QED) is 0.813. The average Bonchev–Trinajstić information content (AvgIpc) is 3.18. The Morgan fingerprint density at radius 1 is 1.25 bits per heavy atom. The molecule has 7 heteroatoms. The van der Waals surface area contributed by atoms with E-state index in [1.165, 1.54) is 5.56 Å². The second-order valence-electron chi connectivity index (χ2n) is 7.23. The van der Waals surface area contributed by atoms with E-state index in [-0.39, 0.29) is 18.4 Å². The first-order valence-corrected chi connectivity index (χ1v) is 9.70. The monoisotopic (exact) mass is 380 g/mol. The van der Waals surface area contributed by atoms with Crippen molar-refractivity contribution in [3.05, 3.63) is 58.7 Å². The van der Waals surface area contributed by atoms with E-state index < -0.39 is 12.1 Å². The fraction of sp³-hybridized carbons (Fsp3) is 0.429. The largest absolute Gasteiger partial charge is 0.356 e. The number of nitrogens with zero attached hydrogens (tertiary/aromatic N) is 2. The molecule has 1 fully saturated rings. The highest BCUT2D eigenvalue weighted by molar-refractivity contribution is 5.86. The van der Waals surface area contributed by atoms with E-state index in [9.17, 15) is 9.59 Å². The number of aromatic nitrogens is 2. The molecule has 2 heterocycles. The van der Waals surface area contributed by atoms with E-state index in [0.717, 1.165) is 42.0 Å². The van der Waals surface area contributed by atoms with E-state index in [0.29, 0.717) is 13.0 Å². The fourth-order valence-corrected chi connectivity index (χ4v) is 3.89. The second kappa shape index (κ2) is 8.06. The molecule has 1 aromatic carbocycles. The predicted octanol–water partition coefficient (Wildman–Crippen LogP) is 1.19. The maximum Gasteiger partial charge on any atom is 0.251 e. The normalized spacial score (nSPS) is 21.1. The summed E-state index contributed by atoms with van der Waals surface area (Å²) >= 11 is 0.